The first-order valence-electron chi connectivity index (χ1n) is 9.17. The van der Waals surface area contributed by atoms with Crippen molar-refractivity contribution in [2.75, 3.05) is 7.05 Å². The van der Waals surface area contributed by atoms with Crippen LogP contribution in [0, 0.1) is 0 Å². The molecule has 1 aliphatic rings. The highest BCUT2D eigenvalue weighted by Gasteiger charge is 2.29. The molecule has 1 fully saturated rings. The highest BCUT2D eigenvalue weighted by molar-refractivity contribution is 5.68. The summed E-state index contributed by atoms with van der Waals surface area (Å²) >= 11 is 0. The lowest BCUT2D eigenvalue weighted by Crippen LogP contribution is -2.46. The number of benzene rings is 1. The van der Waals surface area contributed by atoms with Crippen LogP contribution >= 0.6 is 0 Å². The number of nitrogens with zero attached hydrogens (tertiary/aromatic N) is 1. The van der Waals surface area contributed by atoms with Crippen LogP contribution in [0.3, 0.4) is 0 Å². The summed E-state index contributed by atoms with van der Waals surface area (Å²) in [4.78, 5) is 25.8. The summed E-state index contributed by atoms with van der Waals surface area (Å²) in [5.74, 6) is 0. The smallest absolute Gasteiger partial charge is 0.410 e. The van der Waals surface area contributed by atoms with E-state index < -0.39 is 11.7 Å². The standard InChI is InChI=1S/C20H30N2O4/c1-20(2,3)26-19(24)22(4)17-12-10-16(11-13-17)21-18(23)25-14-15-8-6-5-7-9-15/h5-9,16-17H,10-14H2,1-4H3,(H,21,23). The number of nitrogens with one attached hydrogen (secondary N) is 1. The number of carbonyl (C=O) groups is 2. The fourth-order valence-electron chi connectivity index (χ4n) is 3.02. The van der Waals surface area contributed by atoms with Crippen LogP contribution in [-0.4, -0.2) is 41.8 Å². The molecule has 2 rings (SSSR count). The number of hydrogen-bond donors (Lipinski definition) is 1. The van der Waals surface area contributed by atoms with Gasteiger partial charge in [0, 0.05) is 19.1 Å². The van der Waals surface area contributed by atoms with Crippen molar-refractivity contribution in [3.8, 4) is 0 Å². The van der Waals surface area contributed by atoms with E-state index in [1.54, 1.807) is 11.9 Å². The molecular weight excluding hydrogens is 332 g/mol. The molecule has 1 N–H and O–H groups in total. The quantitative estimate of drug-likeness (QED) is 0.876. The lowest BCUT2D eigenvalue weighted by atomic mass is 9.90. The maximum Gasteiger partial charge on any atom is 0.410 e. The highest BCUT2D eigenvalue weighted by Crippen LogP contribution is 2.24. The Labute approximate surface area is 155 Å². The van der Waals surface area contributed by atoms with Gasteiger partial charge in [-0.1, -0.05) is 30.3 Å². The van der Waals surface area contributed by atoms with E-state index in [-0.39, 0.29) is 24.8 Å². The summed E-state index contributed by atoms with van der Waals surface area (Å²) in [6.07, 6.45) is 2.61. The molecule has 0 radical (unpaired) electrons. The monoisotopic (exact) mass is 362 g/mol. The van der Waals surface area contributed by atoms with Gasteiger partial charge in [-0.25, -0.2) is 9.59 Å². The van der Waals surface area contributed by atoms with Gasteiger partial charge in [0.25, 0.3) is 0 Å². The number of ether oxygens (including phenoxy) is 2. The van der Waals surface area contributed by atoms with Gasteiger partial charge in [0.1, 0.15) is 12.2 Å². The first-order valence-corrected chi connectivity index (χ1v) is 9.17. The van der Waals surface area contributed by atoms with E-state index in [1.165, 1.54) is 0 Å². The van der Waals surface area contributed by atoms with Crippen molar-refractivity contribution in [2.45, 2.75) is 70.7 Å². The molecular formula is C20H30N2O4. The molecule has 1 saturated carbocycles. The van der Waals surface area contributed by atoms with Crippen LogP contribution in [0.25, 0.3) is 0 Å². The van der Waals surface area contributed by atoms with Crippen LogP contribution in [0.15, 0.2) is 30.3 Å². The molecule has 0 aliphatic heterocycles. The van der Waals surface area contributed by atoms with E-state index in [0.717, 1.165) is 31.2 Å². The molecule has 0 spiro atoms. The summed E-state index contributed by atoms with van der Waals surface area (Å²) in [6, 6.07) is 9.83. The van der Waals surface area contributed by atoms with Gasteiger partial charge in [-0.3, -0.25) is 0 Å². The average molecular weight is 362 g/mol. The van der Waals surface area contributed by atoms with Crippen molar-refractivity contribution in [1.82, 2.24) is 10.2 Å². The number of alkyl carbamates (subject to hydrolysis) is 1. The molecule has 0 bridgehead atoms. The third-order valence-electron chi connectivity index (χ3n) is 4.46. The maximum absolute atomic E-state index is 12.2. The Bertz CT molecular complexity index is 590. The van der Waals surface area contributed by atoms with E-state index >= 15 is 0 Å². The minimum Gasteiger partial charge on any atom is -0.445 e. The third-order valence-corrected chi connectivity index (χ3v) is 4.46. The van der Waals surface area contributed by atoms with E-state index in [1.807, 2.05) is 51.1 Å². The second kappa shape index (κ2) is 8.92. The molecule has 2 amide bonds. The van der Waals surface area contributed by atoms with Crippen LogP contribution < -0.4 is 5.32 Å². The lowest BCUT2D eigenvalue weighted by Gasteiger charge is -2.35. The van der Waals surface area contributed by atoms with Gasteiger partial charge in [-0.15, -0.1) is 0 Å². The van der Waals surface area contributed by atoms with Gasteiger partial charge in [0.15, 0.2) is 0 Å². The minimum absolute atomic E-state index is 0.0848. The van der Waals surface area contributed by atoms with E-state index in [0.29, 0.717) is 0 Å². The summed E-state index contributed by atoms with van der Waals surface area (Å²) < 4.78 is 10.7. The van der Waals surface area contributed by atoms with Crippen molar-refractivity contribution >= 4 is 12.2 Å². The van der Waals surface area contributed by atoms with Gasteiger partial charge in [0.2, 0.25) is 0 Å². The normalized spacial score (nSPS) is 20.2. The maximum atomic E-state index is 12.2. The molecule has 26 heavy (non-hydrogen) atoms. The van der Waals surface area contributed by atoms with E-state index in [9.17, 15) is 9.59 Å². The SMILES string of the molecule is CN(C(=O)OC(C)(C)C)C1CCC(NC(=O)OCc2ccccc2)CC1. The van der Waals surface area contributed by atoms with Crippen molar-refractivity contribution in [1.29, 1.82) is 0 Å². The fraction of sp³-hybridized carbons (Fsp3) is 0.600. The van der Waals surface area contributed by atoms with Crippen molar-refractivity contribution in [3.05, 3.63) is 35.9 Å². The Kier molecular flexibility index (Phi) is 6.89. The van der Waals surface area contributed by atoms with Crippen molar-refractivity contribution in [2.24, 2.45) is 0 Å². The zero-order chi connectivity index (χ0) is 19.2. The predicted molar refractivity (Wildman–Crippen MR) is 99.8 cm³/mol. The number of amides is 2. The second-order valence-corrected chi connectivity index (χ2v) is 7.80. The number of carbonyl (C=O) groups excluding carboxylic acids is 2. The van der Waals surface area contributed by atoms with Gasteiger partial charge in [-0.2, -0.15) is 0 Å². The topological polar surface area (TPSA) is 67.9 Å². The Morgan fingerprint density at radius 3 is 2.31 bits per heavy atom. The summed E-state index contributed by atoms with van der Waals surface area (Å²) in [7, 11) is 1.78. The first kappa shape index (κ1) is 20.1. The summed E-state index contributed by atoms with van der Waals surface area (Å²) in [5, 5.41) is 2.92. The molecule has 144 valence electrons. The van der Waals surface area contributed by atoms with Crippen LogP contribution in [0.1, 0.15) is 52.0 Å². The molecule has 0 atom stereocenters. The molecule has 1 aliphatic carbocycles. The van der Waals surface area contributed by atoms with Gasteiger partial charge in [-0.05, 0) is 52.0 Å². The zero-order valence-corrected chi connectivity index (χ0v) is 16.2. The molecule has 0 heterocycles. The molecule has 0 aromatic heterocycles. The molecule has 0 unspecified atom stereocenters. The lowest BCUT2D eigenvalue weighted by molar-refractivity contribution is 0.0178. The average Bonchev–Trinajstić information content (AvgIpc) is 2.59. The summed E-state index contributed by atoms with van der Waals surface area (Å²) in [6.45, 7) is 5.85. The third kappa shape index (κ3) is 6.58. The Balaban J connectivity index is 1.70. The molecule has 0 saturated heterocycles. The Hall–Kier alpha value is -2.24. The minimum atomic E-state index is -0.493. The molecule has 6 nitrogen and oxygen atoms in total. The van der Waals surface area contributed by atoms with Gasteiger partial charge < -0.3 is 19.7 Å². The summed E-state index contributed by atoms with van der Waals surface area (Å²) in [5.41, 5.74) is 0.470. The molecule has 1 aromatic carbocycles. The van der Waals surface area contributed by atoms with Crippen LogP contribution in [0.4, 0.5) is 9.59 Å². The van der Waals surface area contributed by atoms with E-state index in [2.05, 4.69) is 5.32 Å². The Morgan fingerprint density at radius 1 is 1.12 bits per heavy atom. The second-order valence-electron chi connectivity index (χ2n) is 7.80. The van der Waals surface area contributed by atoms with Crippen molar-refractivity contribution in [3.63, 3.8) is 0 Å². The number of hydrogen-bond acceptors (Lipinski definition) is 4. The predicted octanol–water partition coefficient (Wildman–Crippen LogP) is 4.09. The van der Waals surface area contributed by atoms with Crippen molar-refractivity contribution < 1.29 is 19.1 Å². The van der Waals surface area contributed by atoms with Gasteiger partial charge >= 0.3 is 12.2 Å². The number of rotatable bonds is 4. The first-order chi connectivity index (χ1) is 12.2. The highest BCUT2D eigenvalue weighted by atomic mass is 16.6. The van der Waals surface area contributed by atoms with Crippen LogP contribution in [0.5, 0.6) is 0 Å². The van der Waals surface area contributed by atoms with E-state index in [4.69, 9.17) is 9.47 Å². The van der Waals surface area contributed by atoms with Crippen LogP contribution in [0.2, 0.25) is 0 Å². The molecule has 6 heteroatoms. The van der Waals surface area contributed by atoms with Gasteiger partial charge in [0.05, 0.1) is 0 Å². The zero-order valence-electron chi connectivity index (χ0n) is 16.2. The largest absolute Gasteiger partial charge is 0.445 e. The Morgan fingerprint density at radius 2 is 1.73 bits per heavy atom. The van der Waals surface area contributed by atoms with Crippen LogP contribution in [-0.2, 0) is 16.1 Å². The molecule has 1 aromatic rings. The fourth-order valence-corrected chi connectivity index (χ4v) is 3.02.